The van der Waals surface area contributed by atoms with Gasteiger partial charge in [-0.05, 0) is 18.3 Å². The van der Waals surface area contributed by atoms with E-state index in [-0.39, 0.29) is 17.7 Å². The molecule has 0 aliphatic rings. The van der Waals surface area contributed by atoms with Crippen molar-refractivity contribution in [3.63, 3.8) is 0 Å². The van der Waals surface area contributed by atoms with Crippen molar-refractivity contribution in [1.29, 1.82) is 0 Å². The molecule has 0 saturated carbocycles. The summed E-state index contributed by atoms with van der Waals surface area (Å²) in [6.45, 7) is 9.80. The zero-order valence-corrected chi connectivity index (χ0v) is 10.9. The summed E-state index contributed by atoms with van der Waals surface area (Å²) in [6.07, 6.45) is 0.589. The number of nitrogens with two attached hydrogens (primary N) is 1. The lowest BCUT2D eigenvalue weighted by Crippen LogP contribution is -2.47. The minimum Gasteiger partial charge on any atom is -0.368 e. The number of hydrogen-bond acceptors (Lipinski definition) is 2. The Kier molecular flexibility index (Phi) is 6.08. The summed E-state index contributed by atoms with van der Waals surface area (Å²) >= 11 is 0. The highest BCUT2D eigenvalue weighted by atomic mass is 16.2. The van der Waals surface area contributed by atoms with Gasteiger partial charge in [0.05, 0.1) is 0 Å². The van der Waals surface area contributed by atoms with Crippen LogP contribution in [0.2, 0.25) is 0 Å². The van der Waals surface area contributed by atoms with Gasteiger partial charge in [0.1, 0.15) is 6.04 Å². The topological polar surface area (TPSA) is 72.2 Å². The first kappa shape index (κ1) is 14.9. The Morgan fingerprint density at radius 2 is 1.62 bits per heavy atom. The highest BCUT2D eigenvalue weighted by molar-refractivity contribution is 5.87. The van der Waals surface area contributed by atoms with Crippen molar-refractivity contribution in [1.82, 2.24) is 5.32 Å². The molecule has 0 heterocycles. The van der Waals surface area contributed by atoms with Crippen LogP contribution in [-0.2, 0) is 9.59 Å². The number of amides is 2. The third kappa shape index (κ3) is 5.14. The fraction of sp³-hybridized carbons (Fsp3) is 0.833. The molecule has 0 aromatic rings. The first-order valence-electron chi connectivity index (χ1n) is 5.85. The van der Waals surface area contributed by atoms with Gasteiger partial charge in [-0.1, -0.05) is 34.6 Å². The molecule has 0 fully saturated rings. The zero-order chi connectivity index (χ0) is 12.9. The minimum absolute atomic E-state index is 0.0977. The molecule has 0 aromatic carbocycles. The molecule has 4 nitrogen and oxygen atoms in total. The highest BCUT2D eigenvalue weighted by Gasteiger charge is 2.23. The van der Waals surface area contributed by atoms with Crippen molar-refractivity contribution in [2.45, 2.75) is 47.1 Å². The molecule has 0 radical (unpaired) electrons. The average Bonchev–Trinajstić information content (AvgIpc) is 2.14. The van der Waals surface area contributed by atoms with Crippen LogP contribution < -0.4 is 11.1 Å². The van der Waals surface area contributed by atoms with Gasteiger partial charge >= 0.3 is 0 Å². The molecule has 2 atom stereocenters. The summed E-state index contributed by atoms with van der Waals surface area (Å²) in [6, 6.07) is -0.548. The van der Waals surface area contributed by atoms with E-state index in [9.17, 15) is 9.59 Å². The molecule has 0 aromatic heterocycles. The number of nitrogens with one attached hydrogen (secondary N) is 1. The Labute approximate surface area is 98.0 Å². The monoisotopic (exact) mass is 228 g/mol. The van der Waals surface area contributed by atoms with E-state index in [1.54, 1.807) is 0 Å². The first-order chi connectivity index (χ1) is 7.25. The van der Waals surface area contributed by atoms with Crippen LogP contribution in [0, 0.1) is 17.8 Å². The number of hydrogen-bond donors (Lipinski definition) is 2. The van der Waals surface area contributed by atoms with Gasteiger partial charge in [0.25, 0.3) is 0 Å². The van der Waals surface area contributed by atoms with E-state index >= 15 is 0 Å². The van der Waals surface area contributed by atoms with Gasteiger partial charge in [-0.15, -0.1) is 0 Å². The SMILES string of the molecule is CC(C)CC(NC(=O)C(C)C(C)C)C(N)=O. The molecule has 0 rings (SSSR count). The Balaban J connectivity index is 4.40. The van der Waals surface area contributed by atoms with Gasteiger partial charge in [-0.3, -0.25) is 9.59 Å². The van der Waals surface area contributed by atoms with Crippen LogP contribution in [0.3, 0.4) is 0 Å². The Bertz CT molecular complexity index is 249. The average molecular weight is 228 g/mol. The lowest BCUT2D eigenvalue weighted by molar-refractivity contribution is -0.130. The molecule has 0 saturated heterocycles. The molecule has 16 heavy (non-hydrogen) atoms. The quantitative estimate of drug-likeness (QED) is 0.719. The van der Waals surface area contributed by atoms with Crippen LogP contribution in [-0.4, -0.2) is 17.9 Å². The van der Waals surface area contributed by atoms with Crippen LogP contribution in [0.4, 0.5) is 0 Å². The molecule has 0 aliphatic heterocycles. The lowest BCUT2D eigenvalue weighted by Gasteiger charge is -2.21. The maximum atomic E-state index is 11.8. The second-order valence-electron chi connectivity index (χ2n) is 5.13. The van der Waals surface area contributed by atoms with Crippen molar-refractivity contribution in [2.75, 3.05) is 0 Å². The second kappa shape index (κ2) is 6.51. The Hall–Kier alpha value is -1.06. The molecule has 0 bridgehead atoms. The van der Waals surface area contributed by atoms with Gasteiger partial charge in [0.15, 0.2) is 0 Å². The number of carbonyl (C=O) groups excluding carboxylic acids is 2. The van der Waals surface area contributed by atoms with Crippen LogP contribution in [0.15, 0.2) is 0 Å². The normalized spacial score (nSPS) is 14.9. The largest absolute Gasteiger partial charge is 0.368 e. The van der Waals surface area contributed by atoms with E-state index in [4.69, 9.17) is 5.73 Å². The van der Waals surface area contributed by atoms with Crippen molar-refractivity contribution < 1.29 is 9.59 Å². The molecule has 2 unspecified atom stereocenters. The summed E-state index contributed by atoms with van der Waals surface area (Å²) < 4.78 is 0. The Morgan fingerprint density at radius 3 is 1.94 bits per heavy atom. The summed E-state index contributed by atoms with van der Waals surface area (Å²) in [4.78, 5) is 22.9. The summed E-state index contributed by atoms with van der Waals surface area (Å²) in [5.41, 5.74) is 5.26. The van der Waals surface area contributed by atoms with E-state index in [1.807, 2.05) is 34.6 Å². The summed E-state index contributed by atoms with van der Waals surface area (Å²) in [7, 11) is 0. The first-order valence-corrected chi connectivity index (χ1v) is 5.85. The van der Waals surface area contributed by atoms with E-state index in [0.29, 0.717) is 12.3 Å². The van der Waals surface area contributed by atoms with E-state index in [2.05, 4.69) is 5.32 Å². The van der Waals surface area contributed by atoms with Crippen molar-refractivity contribution in [3.05, 3.63) is 0 Å². The van der Waals surface area contributed by atoms with Crippen molar-refractivity contribution in [3.8, 4) is 0 Å². The number of rotatable bonds is 6. The number of carbonyl (C=O) groups is 2. The molecule has 0 aliphatic carbocycles. The van der Waals surface area contributed by atoms with Crippen LogP contribution in [0.25, 0.3) is 0 Å². The van der Waals surface area contributed by atoms with Crippen molar-refractivity contribution >= 4 is 11.8 Å². The summed E-state index contributed by atoms with van der Waals surface area (Å²) in [5.74, 6) is -0.0776. The highest BCUT2D eigenvalue weighted by Crippen LogP contribution is 2.11. The van der Waals surface area contributed by atoms with Crippen LogP contribution in [0.5, 0.6) is 0 Å². The third-order valence-corrected chi connectivity index (χ3v) is 2.78. The van der Waals surface area contributed by atoms with Gasteiger partial charge < -0.3 is 11.1 Å². The molecule has 0 spiro atoms. The minimum atomic E-state index is -0.548. The van der Waals surface area contributed by atoms with Gasteiger partial charge in [-0.25, -0.2) is 0 Å². The fourth-order valence-corrected chi connectivity index (χ4v) is 1.32. The number of primary amides is 1. The molecular weight excluding hydrogens is 204 g/mol. The van der Waals surface area contributed by atoms with Crippen LogP contribution in [0.1, 0.15) is 41.0 Å². The van der Waals surface area contributed by atoms with E-state index < -0.39 is 11.9 Å². The maximum Gasteiger partial charge on any atom is 0.240 e. The lowest BCUT2D eigenvalue weighted by atomic mass is 9.96. The second-order valence-corrected chi connectivity index (χ2v) is 5.13. The predicted molar refractivity (Wildman–Crippen MR) is 64.6 cm³/mol. The summed E-state index contributed by atoms with van der Waals surface area (Å²) in [5, 5.41) is 2.72. The van der Waals surface area contributed by atoms with Gasteiger partial charge in [0.2, 0.25) is 11.8 Å². The standard InChI is InChI=1S/C12H24N2O2/c1-7(2)6-10(11(13)15)14-12(16)9(5)8(3)4/h7-10H,6H2,1-5H3,(H2,13,15)(H,14,16). The van der Waals surface area contributed by atoms with Crippen molar-refractivity contribution in [2.24, 2.45) is 23.5 Å². The third-order valence-electron chi connectivity index (χ3n) is 2.78. The molecular formula is C12H24N2O2. The molecule has 94 valence electrons. The van der Waals surface area contributed by atoms with E-state index in [1.165, 1.54) is 0 Å². The van der Waals surface area contributed by atoms with Gasteiger partial charge in [-0.2, -0.15) is 0 Å². The maximum absolute atomic E-state index is 11.8. The molecule has 3 N–H and O–H groups in total. The molecule has 2 amide bonds. The van der Waals surface area contributed by atoms with Gasteiger partial charge in [0, 0.05) is 5.92 Å². The fourth-order valence-electron chi connectivity index (χ4n) is 1.32. The smallest absolute Gasteiger partial charge is 0.240 e. The van der Waals surface area contributed by atoms with Crippen LogP contribution >= 0.6 is 0 Å². The predicted octanol–water partition coefficient (Wildman–Crippen LogP) is 1.29. The zero-order valence-electron chi connectivity index (χ0n) is 10.9. The molecule has 4 heteroatoms. The van der Waals surface area contributed by atoms with E-state index in [0.717, 1.165) is 0 Å². The Morgan fingerprint density at radius 1 is 1.12 bits per heavy atom.